The summed E-state index contributed by atoms with van der Waals surface area (Å²) in [6.45, 7) is 22.9. The second-order valence-electron chi connectivity index (χ2n) is 24.4. The zero-order valence-electron chi connectivity index (χ0n) is 53.2. The molecule has 0 fully saturated rings. The van der Waals surface area contributed by atoms with Gasteiger partial charge < -0.3 is 55.0 Å². The molecule has 7 N–H and O–H groups in total. The Kier molecular flexibility index (Phi) is 21.1. The van der Waals surface area contributed by atoms with E-state index in [4.69, 9.17) is 29.4 Å². The third-order valence-corrected chi connectivity index (χ3v) is 18.2. The number of phenols is 1. The van der Waals surface area contributed by atoms with Crippen molar-refractivity contribution in [2.75, 3.05) is 69.9 Å². The van der Waals surface area contributed by atoms with Crippen molar-refractivity contribution in [2.24, 2.45) is 0 Å². The first-order valence-corrected chi connectivity index (χ1v) is 32.3. The molecule has 3 aliphatic rings. The number of unbranched alkanes of at least 4 members (excludes halogenated alkanes) is 2. The Morgan fingerprint density at radius 3 is 2.27 bits per heavy atom. The predicted molar refractivity (Wildman–Crippen MR) is 348 cm³/mol. The van der Waals surface area contributed by atoms with Gasteiger partial charge in [0.05, 0.1) is 56.3 Å². The molecule has 0 saturated heterocycles. The SMILES string of the molecule is Cc1ccc2c(c1)C(C)(C)C(=CC=CC=CC=CC1=[N+](CCCCCC(=O)NCc3ccc(COc4nc(N)nc5nc[nH]c45)cc3)c3ccc(S(=O)(=O)O)cc3C1(C)C)N2CCOCCOCCOCCNC(=O)C1(C)CCc2c(C)c(O)c(C)c(C)c2O1. The van der Waals surface area contributed by atoms with Crippen LogP contribution in [0.15, 0.2) is 120 Å². The van der Waals surface area contributed by atoms with Crippen LogP contribution >= 0.6 is 0 Å². The highest BCUT2D eigenvalue weighted by Crippen LogP contribution is 2.48. The first-order valence-electron chi connectivity index (χ1n) is 30.8. The summed E-state index contributed by atoms with van der Waals surface area (Å²) >= 11 is 0. The largest absolute Gasteiger partial charge is 0.507 e. The molecule has 9 rings (SSSR count). The van der Waals surface area contributed by atoms with E-state index in [1.54, 1.807) is 12.1 Å². The number of H-pyrrole nitrogens is 1. The fourth-order valence-corrected chi connectivity index (χ4v) is 12.5. The number of amides is 2. The number of carbonyl (C=O) groups excluding carboxylic acids is 2. The Morgan fingerprint density at radius 2 is 1.51 bits per heavy atom. The lowest BCUT2D eigenvalue weighted by atomic mass is 9.81. The number of phenolic OH excluding ortho intramolecular Hbond substituents is 1. The number of imidazole rings is 1. The molecule has 2 aromatic heterocycles. The molecule has 478 valence electrons. The van der Waals surface area contributed by atoms with Crippen LogP contribution in [0.25, 0.3) is 11.2 Å². The van der Waals surface area contributed by atoms with E-state index in [1.807, 2.05) is 76.3 Å². The third kappa shape index (κ3) is 15.3. The molecule has 0 aliphatic carbocycles. The predicted octanol–water partition coefficient (Wildman–Crippen LogP) is 10.3. The van der Waals surface area contributed by atoms with Crippen LogP contribution in [-0.4, -0.2) is 125 Å². The molecule has 4 aromatic carbocycles. The summed E-state index contributed by atoms with van der Waals surface area (Å²) in [7, 11) is -4.43. The molecule has 0 spiro atoms. The number of benzene rings is 4. The Hall–Kier alpha value is -8.21. The number of ether oxygens (including phenoxy) is 5. The number of aromatic hydroxyl groups is 1. The molecule has 2 amide bonds. The van der Waals surface area contributed by atoms with Gasteiger partial charge in [-0.2, -0.15) is 23.0 Å². The van der Waals surface area contributed by atoms with Gasteiger partial charge in [0.2, 0.25) is 23.4 Å². The highest BCUT2D eigenvalue weighted by atomic mass is 32.2. The Labute approximate surface area is 528 Å². The van der Waals surface area contributed by atoms with E-state index >= 15 is 0 Å². The minimum atomic E-state index is -4.43. The number of rotatable bonds is 29. The van der Waals surface area contributed by atoms with E-state index in [2.05, 4.69) is 111 Å². The molecular formula is C69H86N9O11S+. The zero-order valence-corrected chi connectivity index (χ0v) is 54.0. The highest BCUT2D eigenvalue weighted by Gasteiger charge is 2.45. The second kappa shape index (κ2) is 28.7. The number of nitrogens with zero attached hydrogens (tertiary/aromatic N) is 5. The van der Waals surface area contributed by atoms with Crippen molar-refractivity contribution in [3.8, 4) is 17.4 Å². The molecule has 6 aromatic rings. The smallest absolute Gasteiger partial charge is 0.294 e. The lowest BCUT2D eigenvalue weighted by Gasteiger charge is -2.36. The molecular weight excluding hydrogens is 1160 g/mol. The van der Waals surface area contributed by atoms with Crippen molar-refractivity contribution < 1.29 is 55.9 Å². The molecule has 0 radical (unpaired) electrons. The number of nitrogen functional groups attached to an aromatic ring is 1. The maximum atomic E-state index is 13.2. The first kappa shape index (κ1) is 66.2. The summed E-state index contributed by atoms with van der Waals surface area (Å²) in [6, 6.07) is 19.1. The minimum absolute atomic E-state index is 0.0336. The molecule has 3 aliphatic heterocycles. The number of aryl methyl sites for hydroxylation is 1. The van der Waals surface area contributed by atoms with Crippen LogP contribution in [0.2, 0.25) is 0 Å². The van der Waals surface area contributed by atoms with Crippen molar-refractivity contribution >= 4 is 56.1 Å². The number of allylic oxidation sites excluding steroid dienone is 8. The van der Waals surface area contributed by atoms with Gasteiger partial charge in [-0.05, 0) is 125 Å². The number of fused-ring (bicyclic) bond motifs is 4. The molecule has 90 heavy (non-hydrogen) atoms. The molecule has 20 nitrogen and oxygen atoms in total. The van der Waals surface area contributed by atoms with Gasteiger partial charge in [0.25, 0.3) is 16.0 Å². The third-order valence-electron chi connectivity index (χ3n) is 17.3. The monoisotopic (exact) mass is 1250 g/mol. The summed E-state index contributed by atoms with van der Waals surface area (Å²) < 4.78 is 66.6. The van der Waals surface area contributed by atoms with E-state index < -0.39 is 21.1 Å². The van der Waals surface area contributed by atoms with E-state index in [-0.39, 0.29) is 40.4 Å². The lowest BCUT2D eigenvalue weighted by Crippen LogP contribution is -2.51. The maximum Gasteiger partial charge on any atom is 0.294 e. The summed E-state index contributed by atoms with van der Waals surface area (Å²) in [5.41, 5.74) is 17.6. The minimum Gasteiger partial charge on any atom is -0.507 e. The van der Waals surface area contributed by atoms with Gasteiger partial charge in [-0.25, -0.2) is 4.98 Å². The Morgan fingerprint density at radius 1 is 0.800 bits per heavy atom. The summed E-state index contributed by atoms with van der Waals surface area (Å²) in [5, 5.41) is 16.5. The summed E-state index contributed by atoms with van der Waals surface area (Å²) in [4.78, 5) is 43.7. The van der Waals surface area contributed by atoms with Crippen molar-refractivity contribution in [3.63, 3.8) is 0 Å². The number of hydrogen-bond acceptors (Lipinski definition) is 15. The van der Waals surface area contributed by atoms with Gasteiger partial charge in [0.1, 0.15) is 30.2 Å². The van der Waals surface area contributed by atoms with E-state index in [1.165, 1.54) is 23.5 Å². The number of aromatic nitrogens is 4. The number of nitrogens with two attached hydrogens (primary N) is 1. The van der Waals surface area contributed by atoms with Crippen LogP contribution < -0.4 is 30.7 Å². The average molecular weight is 1250 g/mol. The quantitative estimate of drug-likeness (QED) is 0.0110. The number of hydrogen-bond donors (Lipinski definition) is 6. The van der Waals surface area contributed by atoms with Crippen molar-refractivity contribution in [2.45, 2.75) is 135 Å². The van der Waals surface area contributed by atoms with E-state index in [0.717, 1.165) is 74.6 Å². The van der Waals surface area contributed by atoms with E-state index in [9.17, 15) is 27.7 Å². The van der Waals surface area contributed by atoms with Gasteiger partial charge in [0.15, 0.2) is 17.0 Å². The number of carbonyl (C=O) groups is 2. The molecule has 1 atom stereocenters. The fraction of sp³-hybridized carbons (Fsp3) is 0.420. The molecule has 5 heterocycles. The van der Waals surface area contributed by atoms with Crippen molar-refractivity contribution in [3.05, 3.63) is 165 Å². The van der Waals surface area contributed by atoms with Crippen LogP contribution in [0.5, 0.6) is 17.4 Å². The lowest BCUT2D eigenvalue weighted by molar-refractivity contribution is -0.438. The van der Waals surface area contributed by atoms with Gasteiger partial charge in [0, 0.05) is 79.0 Å². The average Bonchev–Trinajstić information content (AvgIpc) is 1.50. The zero-order chi connectivity index (χ0) is 64.4. The Balaban J connectivity index is 0.720. The van der Waals surface area contributed by atoms with Crippen LogP contribution in [0, 0.1) is 27.7 Å². The maximum absolute atomic E-state index is 13.2. The molecule has 0 saturated carbocycles. The summed E-state index contributed by atoms with van der Waals surface area (Å²) in [5.74, 6) is 1.15. The topological polar surface area (TPSA) is 266 Å². The fourth-order valence-electron chi connectivity index (χ4n) is 12.0. The molecule has 21 heteroatoms. The molecule has 0 bridgehead atoms. The van der Waals surface area contributed by atoms with Crippen molar-refractivity contribution in [1.82, 2.24) is 30.6 Å². The highest BCUT2D eigenvalue weighted by molar-refractivity contribution is 7.85. The number of nitrogens with one attached hydrogen (secondary N) is 3. The normalized spacial score (nSPS) is 17.2. The van der Waals surface area contributed by atoms with Crippen LogP contribution in [0.3, 0.4) is 0 Å². The van der Waals surface area contributed by atoms with E-state index in [0.29, 0.717) is 114 Å². The van der Waals surface area contributed by atoms with Crippen molar-refractivity contribution in [1.29, 1.82) is 0 Å². The van der Waals surface area contributed by atoms with Crippen LogP contribution in [-0.2, 0) is 64.3 Å². The van der Waals surface area contributed by atoms with Crippen LogP contribution in [0.1, 0.15) is 117 Å². The second-order valence-corrected chi connectivity index (χ2v) is 25.9. The number of aromatic amines is 1. The first-order chi connectivity index (χ1) is 43.0. The van der Waals surface area contributed by atoms with Gasteiger partial charge in [-0.3, -0.25) is 14.1 Å². The summed E-state index contributed by atoms with van der Waals surface area (Å²) in [6.07, 6.45) is 19.5. The standard InChI is InChI=1S/C69H85N9O11S/c1-45-21-27-55-53(40-45)67(5,6)58(78(55)33-35-86-37-39-87-38-36-85-34-31-71-65(81)69(9)30-29-52-48(4)61(80)46(2)47(3)62(52)89-69)19-15-12-10-11-14-18-57-68(7,8)54-41-51(90(82,83)84)26-28-56(54)77(57)32-17-13-16-20-59(79)72-42-49-22-24-50(25-23-49)43-88-64-60-63(74-44-73-60)75-66(70)76-64/h10-12,14-15,18-19,21-28,40-41,44H,13,16-17,20,29-39,42-43H2,1-9H3,(H6-,70,71,72,73,74,75,76,79,80,81,82,83,84)/p+1. The van der Waals surface area contributed by atoms with Gasteiger partial charge in [-0.15, -0.1) is 0 Å². The van der Waals surface area contributed by atoms with Crippen LogP contribution in [0.4, 0.5) is 17.3 Å². The molecule has 1 unspecified atom stereocenters. The Bertz CT molecular complexity index is 3890. The number of anilines is 2. The van der Waals surface area contributed by atoms with Gasteiger partial charge in [-0.1, -0.05) is 86.2 Å². The van der Waals surface area contributed by atoms with Gasteiger partial charge >= 0.3 is 0 Å².